The van der Waals surface area contributed by atoms with Crippen LogP contribution in [-0.4, -0.2) is 41.4 Å². The lowest BCUT2D eigenvalue weighted by Crippen LogP contribution is -2.29. The Morgan fingerprint density at radius 2 is 1.66 bits per heavy atom. The zero-order valence-electron chi connectivity index (χ0n) is 20.4. The van der Waals surface area contributed by atoms with Gasteiger partial charge in [0.25, 0.3) is 11.7 Å². The average molecular weight is 528 g/mol. The van der Waals surface area contributed by atoms with Crippen molar-refractivity contribution < 1.29 is 42.1 Å². The number of nitrogens with zero attached hydrogens (tertiary/aromatic N) is 2. The number of amides is 1. The predicted molar refractivity (Wildman–Crippen MR) is 131 cm³/mol. The molecule has 1 amide bonds. The van der Waals surface area contributed by atoms with Gasteiger partial charge in [-0.25, -0.2) is 0 Å². The summed E-state index contributed by atoms with van der Waals surface area (Å²) in [6.07, 6.45) is -3.44. The van der Waals surface area contributed by atoms with Crippen molar-refractivity contribution in [3.8, 4) is 17.2 Å². The maximum atomic E-state index is 13.3. The van der Waals surface area contributed by atoms with E-state index in [2.05, 4.69) is 9.72 Å². The van der Waals surface area contributed by atoms with Gasteiger partial charge in [-0.1, -0.05) is 6.07 Å². The van der Waals surface area contributed by atoms with Gasteiger partial charge in [0, 0.05) is 18.0 Å². The van der Waals surface area contributed by atoms with Gasteiger partial charge in [0.05, 0.1) is 30.0 Å². The van der Waals surface area contributed by atoms with Crippen LogP contribution in [-0.2, 0) is 9.59 Å². The van der Waals surface area contributed by atoms with Gasteiger partial charge in [-0.15, -0.1) is 13.2 Å². The quantitative estimate of drug-likeness (QED) is 0.237. The van der Waals surface area contributed by atoms with Gasteiger partial charge in [-0.3, -0.25) is 19.5 Å². The Morgan fingerprint density at radius 3 is 2.26 bits per heavy atom. The van der Waals surface area contributed by atoms with E-state index in [4.69, 9.17) is 9.47 Å². The normalized spacial score (nSPS) is 17.0. The van der Waals surface area contributed by atoms with Crippen LogP contribution in [0.1, 0.15) is 31.1 Å². The Hall–Kier alpha value is -4.54. The van der Waals surface area contributed by atoms with Crippen LogP contribution >= 0.6 is 0 Å². The molecule has 1 N–H and O–H groups in total. The van der Waals surface area contributed by atoms with Gasteiger partial charge in [0.2, 0.25) is 0 Å². The lowest BCUT2D eigenvalue weighted by atomic mass is 9.97. The number of rotatable bonds is 8. The van der Waals surface area contributed by atoms with E-state index >= 15 is 0 Å². The fourth-order valence-electron chi connectivity index (χ4n) is 4.10. The van der Waals surface area contributed by atoms with Crippen molar-refractivity contribution in [2.24, 2.45) is 0 Å². The number of hydrogen-bond acceptors (Lipinski definition) is 7. The first-order valence-electron chi connectivity index (χ1n) is 11.6. The van der Waals surface area contributed by atoms with E-state index in [-0.39, 0.29) is 34.9 Å². The molecule has 0 radical (unpaired) electrons. The molecule has 1 saturated heterocycles. The van der Waals surface area contributed by atoms with Gasteiger partial charge in [0.15, 0.2) is 0 Å². The Balaban J connectivity index is 1.86. The van der Waals surface area contributed by atoms with Crippen molar-refractivity contribution in [3.05, 3.63) is 83.7 Å². The van der Waals surface area contributed by atoms with Crippen molar-refractivity contribution in [3.63, 3.8) is 0 Å². The van der Waals surface area contributed by atoms with Crippen molar-refractivity contribution in [1.82, 2.24) is 4.98 Å². The number of alkyl halides is 3. The molecule has 1 aliphatic rings. The number of hydrogen-bond donors (Lipinski definition) is 1. The van der Waals surface area contributed by atoms with Gasteiger partial charge in [0.1, 0.15) is 29.0 Å². The summed E-state index contributed by atoms with van der Waals surface area (Å²) in [5.41, 5.74) is 0.262. The average Bonchev–Trinajstić information content (AvgIpc) is 3.15. The summed E-state index contributed by atoms with van der Waals surface area (Å²) in [5, 5.41) is 11.4. The fourth-order valence-corrected chi connectivity index (χ4v) is 4.10. The van der Waals surface area contributed by atoms with Crippen LogP contribution in [0.4, 0.5) is 18.9 Å². The molecule has 1 aromatic heterocycles. The summed E-state index contributed by atoms with van der Waals surface area (Å²) in [7, 11) is 0. The zero-order valence-corrected chi connectivity index (χ0v) is 20.4. The zero-order chi connectivity index (χ0) is 27.4. The number of aromatic nitrogens is 1. The van der Waals surface area contributed by atoms with Crippen LogP contribution in [0.3, 0.4) is 0 Å². The highest BCUT2D eigenvalue weighted by Gasteiger charge is 2.48. The number of carbonyl (C=O) groups is 2. The number of ketones is 1. The molecule has 11 heteroatoms. The molecule has 2 aromatic carbocycles. The van der Waals surface area contributed by atoms with Crippen molar-refractivity contribution in [1.29, 1.82) is 0 Å². The van der Waals surface area contributed by atoms with Crippen LogP contribution < -0.4 is 19.1 Å². The monoisotopic (exact) mass is 528 g/mol. The summed E-state index contributed by atoms with van der Waals surface area (Å²) >= 11 is 0. The van der Waals surface area contributed by atoms with Gasteiger partial charge < -0.3 is 19.3 Å². The fraction of sp³-hybridized carbons (Fsp3) is 0.222. The number of aliphatic hydroxyl groups is 1. The molecule has 4 rings (SSSR count). The van der Waals surface area contributed by atoms with Crippen LogP contribution in [0.5, 0.6) is 17.2 Å². The summed E-state index contributed by atoms with van der Waals surface area (Å²) in [5.74, 6) is -2.26. The van der Waals surface area contributed by atoms with Gasteiger partial charge in [-0.05, 0) is 62.4 Å². The van der Waals surface area contributed by atoms with E-state index in [1.807, 2.05) is 6.92 Å². The largest absolute Gasteiger partial charge is 0.573 e. The Labute approximate surface area is 215 Å². The summed E-state index contributed by atoms with van der Waals surface area (Å²) < 4.78 is 52.9. The first-order valence-corrected chi connectivity index (χ1v) is 11.6. The molecule has 3 aromatic rings. The third kappa shape index (κ3) is 5.41. The lowest BCUT2D eigenvalue weighted by molar-refractivity contribution is -0.274. The predicted octanol–water partition coefficient (Wildman–Crippen LogP) is 5.40. The molecule has 1 aliphatic heterocycles. The minimum Gasteiger partial charge on any atom is -0.507 e. The summed E-state index contributed by atoms with van der Waals surface area (Å²) in [4.78, 5) is 31.9. The van der Waals surface area contributed by atoms with E-state index in [1.165, 1.54) is 24.4 Å². The number of ether oxygens (including phenoxy) is 3. The van der Waals surface area contributed by atoms with E-state index < -0.39 is 35.6 Å². The molecule has 38 heavy (non-hydrogen) atoms. The molecule has 2 heterocycles. The molecule has 0 saturated carbocycles. The topological polar surface area (TPSA) is 98.2 Å². The third-order valence-electron chi connectivity index (χ3n) is 5.58. The molecule has 0 aliphatic carbocycles. The van der Waals surface area contributed by atoms with Gasteiger partial charge >= 0.3 is 6.36 Å². The van der Waals surface area contributed by atoms with Crippen LogP contribution in [0.25, 0.3) is 5.76 Å². The standard InChI is InChI=1S/C27H23F3N2O6/c1-3-36-18-12-13-19(21(15-18)37-4-2)24(33)22-23(20-7-5-6-14-31-20)32(26(35)25(22)34)16-8-10-17(11-9-16)38-27(28,29)30/h5-15,23,33H,3-4H2,1-2H3/b24-22-. The number of carbonyl (C=O) groups excluding carboxylic acids is 2. The molecule has 1 fully saturated rings. The first-order chi connectivity index (χ1) is 18.1. The Bertz CT molecular complexity index is 1360. The molecule has 0 bridgehead atoms. The van der Waals surface area contributed by atoms with Crippen LogP contribution in [0.2, 0.25) is 0 Å². The number of anilines is 1. The molecule has 198 valence electrons. The van der Waals surface area contributed by atoms with E-state index in [0.717, 1.165) is 17.0 Å². The van der Waals surface area contributed by atoms with E-state index in [0.29, 0.717) is 12.4 Å². The minimum absolute atomic E-state index is 0.105. The van der Waals surface area contributed by atoms with Crippen molar-refractivity contribution in [2.45, 2.75) is 26.3 Å². The van der Waals surface area contributed by atoms with Crippen LogP contribution in [0, 0.1) is 0 Å². The number of benzene rings is 2. The maximum absolute atomic E-state index is 13.3. The molecular weight excluding hydrogens is 505 g/mol. The second-order valence-corrected chi connectivity index (χ2v) is 7.99. The van der Waals surface area contributed by atoms with Gasteiger partial charge in [-0.2, -0.15) is 0 Å². The van der Waals surface area contributed by atoms with E-state index in [1.54, 1.807) is 37.3 Å². The lowest BCUT2D eigenvalue weighted by Gasteiger charge is -2.25. The second-order valence-electron chi connectivity index (χ2n) is 7.99. The third-order valence-corrected chi connectivity index (χ3v) is 5.58. The molecule has 0 spiro atoms. The molecular formula is C27H23F3N2O6. The number of Topliss-reactive ketones (excluding diaryl/α,β-unsaturated/α-hetero) is 1. The van der Waals surface area contributed by atoms with Crippen LogP contribution in [0.15, 0.2) is 72.4 Å². The van der Waals surface area contributed by atoms with Crippen molar-refractivity contribution in [2.75, 3.05) is 18.1 Å². The summed E-state index contributed by atoms with van der Waals surface area (Å²) in [6, 6.07) is 12.8. The Morgan fingerprint density at radius 1 is 0.974 bits per heavy atom. The number of halogens is 3. The summed E-state index contributed by atoms with van der Waals surface area (Å²) in [6.45, 7) is 4.20. The SMILES string of the molecule is CCOc1ccc(/C(O)=C2/C(=O)C(=O)N(c3ccc(OC(F)(F)F)cc3)C2c2ccccn2)c(OCC)c1. The highest BCUT2D eigenvalue weighted by molar-refractivity contribution is 6.51. The first kappa shape index (κ1) is 26.5. The molecule has 8 nitrogen and oxygen atoms in total. The smallest absolute Gasteiger partial charge is 0.507 e. The highest BCUT2D eigenvalue weighted by atomic mass is 19.4. The highest BCUT2D eigenvalue weighted by Crippen LogP contribution is 2.43. The maximum Gasteiger partial charge on any atom is 0.573 e. The minimum atomic E-state index is -4.89. The Kier molecular flexibility index (Phi) is 7.56. The molecule has 1 atom stereocenters. The molecule has 1 unspecified atom stereocenters. The second kappa shape index (κ2) is 10.8. The van der Waals surface area contributed by atoms with E-state index in [9.17, 15) is 27.9 Å². The number of pyridine rings is 1. The van der Waals surface area contributed by atoms with Crippen molar-refractivity contribution >= 4 is 23.1 Å². The number of aliphatic hydroxyl groups excluding tert-OH is 1.